The van der Waals surface area contributed by atoms with Gasteiger partial charge in [0.05, 0.1) is 17.3 Å². The number of aldehydes is 1. The average molecular weight is 424 g/mol. The molecular formula is C25H33N3O3. The molecule has 0 radical (unpaired) electrons. The molecule has 0 spiro atoms. The third-order valence-corrected chi connectivity index (χ3v) is 7.95. The van der Waals surface area contributed by atoms with Crippen LogP contribution in [0.3, 0.4) is 0 Å². The second kappa shape index (κ2) is 8.40. The summed E-state index contributed by atoms with van der Waals surface area (Å²) in [6, 6.07) is 7.70. The van der Waals surface area contributed by atoms with Crippen molar-refractivity contribution in [2.45, 2.75) is 69.6 Å². The zero-order valence-corrected chi connectivity index (χ0v) is 18.4. The highest BCUT2D eigenvalue weighted by Gasteiger charge is 2.41. The minimum Gasteiger partial charge on any atom is -0.359 e. The molecule has 1 amide bonds. The summed E-state index contributed by atoms with van der Waals surface area (Å²) in [5.74, 6) is 1.17. The minimum atomic E-state index is -0.427. The smallest absolute Gasteiger partial charge is 0.241 e. The zero-order valence-electron chi connectivity index (χ0n) is 18.4. The Morgan fingerprint density at radius 3 is 2.65 bits per heavy atom. The molecule has 3 aliphatic rings. The molecule has 2 N–H and O–H groups in total. The number of hydrogen-bond acceptors (Lipinski definition) is 4. The number of carbonyl (C=O) groups excluding carboxylic acids is 2. The number of hydrogen-bond donors (Lipinski definition) is 2. The monoisotopic (exact) mass is 423 g/mol. The van der Waals surface area contributed by atoms with Gasteiger partial charge in [-0.2, -0.15) is 0 Å². The molecule has 6 heteroatoms. The maximum atomic E-state index is 13.1. The van der Waals surface area contributed by atoms with Crippen LogP contribution in [0.5, 0.6) is 0 Å². The summed E-state index contributed by atoms with van der Waals surface area (Å²) in [5.41, 5.74) is 1.95. The van der Waals surface area contributed by atoms with Crippen molar-refractivity contribution in [2.24, 2.45) is 11.8 Å². The minimum absolute atomic E-state index is 0.0646. The SMILES string of the molecule is COC1(n2c(C=O)cc3cc(NC(=O)C4NCCC4C4CCCCC4)ccc32)CCC1. The van der Waals surface area contributed by atoms with Crippen molar-refractivity contribution in [1.82, 2.24) is 9.88 Å². The first-order valence-corrected chi connectivity index (χ1v) is 11.9. The van der Waals surface area contributed by atoms with E-state index < -0.39 is 5.72 Å². The number of methoxy groups -OCH3 is 1. The maximum absolute atomic E-state index is 13.1. The lowest BCUT2D eigenvalue weighted by atomic mass is 9.76. The molecule has 0 bridgehead atoms. The van der Waals surface area contributed by atoms with Crippen molar-refractivity contribution >= 4 is 28.8 Å². The number of ether oxygens (including phenoxy) is 1. The van der Waals surface area contributed by atoms with Crippen LogP contribution in [0.4, 0.5) is 5.69 Å². The van der Waals surface area contributed by atoms with Crippen LogP contribution in [0.1, 0.15) is 68.3 Å². The molecular weight excluding hydrogens is 390 g/mol. The molecule has 166 valence electrons. The second-order valence-corrected chi connectivity index (χ2v) is 9.57. The van der Waals surface area contributed by atoms with Gasteiger partial charge in [-0.15, -0.1) is 0 Å². The topological polar surface area (TPSA) is 72.4 Å². The zero-order chi connectivity index (χ0) is 21.4. The molecule has 2 aromatic rings. The molecule has 2 aliphatic carbocycles. The van der Waals surface area contributed by atoms with Crippen molar-refractivity contribution in [3.63, 3.8) is 0 Å². The van der Waals surface area contributed by atoms with Gasteiger partial charge in [0.25, 0.3) is 0 Å². The van der Waals surface area contributed by atoms with E-state index in [-0.39, 0.29) is 11.9 Å². The Kier molecular flexibility index (Phi) is 5.61. The molecule has 6 nitrogen and oxygen atoms in total. The van der Waals surface area contributed by atoms with Crippen molar-refractivity contribution in [3.05, 3.63) is 30.0 Å². The fourth-order valence-corrected chi connectivity index (χ4v) is 6.16. The number of fused-ring (bicyclic) bond motifs is 1. The van der Waals surface area contributed by atoms with E-state index in [4.69, 9.17) is 4.74 Å². The van der Waals surface area contributed by atoms with Gasteiger partial charge in [-0.3, -0.25) is 9.59 Å². The van der Waals surface area contributed by atoms with E-state index in [0.717, 1.165) is 55.1 Å². The molecule has 1 aromatic carbocycles. The van der Waals surface area contributed by atoms with Crippen molar-refractivity contribution < 1.29 is 14.3 Å². The van der Waals surface area contributed by atoms with Gasteiger partial charge in [-0.05, 0) is 68.3 Å². The fraction of sp³-hybridized carbons (Fsp3) is 0.600. The van der Waals surface area contributed by atoms with Gasteiger partial charge in [0, 0.05) is 18.2 Å². The van der Waals surface area contributed by atoms with Crippen molar-refractivity contribution in [1.29, 1.82) is 0 Å². The lowest BCUT2D eigenvalue weighted by Crippen LogP contribution is -2.43. The molecule has 2 atom stereocenters. The normalized spacial score (nSPS) is 26.0. The Balaban J connectivity index is 1.37. The number of nitrogens with zero attached hydrogens (tertiary/aromatic N) is 1. The Morgan fingerprint density at radius 1 is 1.16 bits per heavy atom. The highest BCUT2D eigenvalue weighted by atomic mass is 16.5. The van der Waals surface area contributed by atoms with Gasteiger partial charge in [-0.1, -0.05) is 32.1 Å². The van der Waals surface area contributed by atoms with Crippen LogP contribution in [0.15, 0.2) is 24.3 Å². The number of aromatic nitrogens is 1. The summed E-state index contributed by atoms with van der Waals surface area (Å²) in [5, 5.41) is 7.54. The van der Waals surface area contributed by atoms with Crippen molar-refractivity contribution in [2.75, 3.05) is 19.0 Å². The van der Waals surface area contributed by atoms with Gasteiger partial charge in [0.1, 0.15) is 5.72 Å². The van der Waals surface area contributed by atoms with Crippen LogP contribution in [0, 0.1) is 11.8 Å². The van der Waals surface area contributed by atoms with Crippen LogP contribution < -0.4 is 10.6 Å². The number of benzene rings is 1. The fourth-order valence-electron chi connectivity index (χ4n) is 6.16. The summed E-state index contributed by atoms with van der Waals surface area (Å²) in [7, 11) is 1.71. The lowest BCUT2D eigenvalue weighted by Gasteiger charge is -2.43. The molecule has 2 saturated carbocycles. The summed E-state index contributed by atoms with van der Waals surface area (Å²) in [6.45, 7) is 0.920. The predicted octanol–water partition coefficient (Wildman–Crippen LogP) is 4.43. The predicted molar refractivity (Wildman–Crippen MR) is 121 cm³/mol. The molecule has 1 aromatic heterocycles. The highest BCUT2D eigenvalue weighted by molar-refractivity contribution is 5.98. The van der Waals surface area contributed by atoms with Crippen LogP contribution in [0.2, 0.25) is 0 Å². The third kappa shape index (κ3) is 3.60. The molecule has 3 fully saturated rings. The Bertz CT molecular complexity index is 966. The number of nitrogens with one attached hydrogen (secondary N) is 2. The largest absolute Gasteiger partial charge is 0.359 e. The number of rotatable bonds is 6. The van der Waals surface area contributed by atoms with Gasteiger partial charge < -0.3 is 19.9 Å². The first-order chi connectivity index (χ1) is 15.1. The van der Waals surface area contributed by atoms with E-state index in [0.29, 0.717) is 17.5 Å². The van der Waals surface area contributed by atoms with E-state index in [9.17, 15) is 9.59 Å². The maximum Gasteiger partial charge on any atom is 0.241 e. The lowest BCUT2D eigenvalue weighted by molar-refractivity contribution is -0.135. The van der Waals surface area contributed by atoms with E-state index in [1.807, 2.05) is 28.8 Å². The molecule has 5 rings (SSSR count). The van der Waals surface area contributed by atoms with Gasteiger partial charge >= 0.3 is 0 Å². The van der Waals surface area contributed by atoms with Crippen LogP contribution >= 0.6 is 0 Å². The quantitative estimate of drug-likeness (QED) is 0.674. The first kappa shape index (κ1) is 20.7. The second-order valence-electron chi connectivity index (χ2n) is 9.57. The van der Waals surface area contributed by atoms with Crippen LogP contribution in [-0.4, -0.2) is 36.5 Å². The van der Waals surface area contributed by atoms with Gasteiger partial charge in [0.15, 0.2) is 6.29 Å². The molecule has 2 unspecified atom stereocenters. The van der Waals surface area contributed by atoms with E-state index >= 15 is 0 Å². The summed E-state index contributed by atoms with van der Waals surface area (Å²) < 4.78 is 7.86. The average Bonchev–Trinajstić information content (AvgIpc) is 3.39. The standard InChI is InChI=1S/C25H33N3O3/c1-31-25(11-5-12-25)28-20(16-29)15-18-14-19(8-9-22(18)28)27-24(30)23-21(10-13-26-23)17-6-3-2-4-7-17/h8-9,14-17,21,23,26H,2-7,10-13H2,1H3,(H,27,30). The van der Waals surface area contributed by atoms with Crippen LogP contribution in [0.25, 0.3) is 10.9 Å². The Hall–Kier alpha value is -2.18. The molecule has 31 heavy (non-hydrogen) atoms. The molecule has 1 saturated heterocycles. The van der Waals surface area contributed by atoms with E-state index in [1.54, 1.807) is 7.11 Å². The van der Waals surface area contributed by atoms with Crippen molar-refractivity contribution in [3.8, 4) is 0 Å². The Labute approximate surface area is 183 Å². The molecule has 2 heterocycles. The highest BCUT2D eigenvalue weighted by Crippen LogP contribution is 2.43. The molecule has 1 aliphatic heterocycles. The number of anilines is 1. The van der Waals surface area contributed by atoms with Crippen LogP contribution in [-0.2, 0) is 15.3 Å². The van der Waals surface area contributed by atoms with Gasteiger partial charge in [-0.25, -0.2) is 0 Å². The summed E-state index contributed by atoms with van der Waals surface area (Å²) in [6.07, 6.45) is 11.3. The van der Waals surface area contributed by atoms with Gasteiger partial charge in [0.2, 0.25) is 5.91 Å². The summed E-state index contributed by atoms with van der Waals surface area (Å²) >= 11 is 0. The Morgan fingerprint density at radius 2 is 1.97 bits per heavy atom. The number of carbonyl (C=O) groups is 2. The summed E-state index contributed by atoms with van der Waals surface area (Å²) in [4.78, 5) is 24.9. The van der Waals surface area contributed by atoms with E-state index in [1.165, 1.54) is 32.1 Å². The number of amides is 1. The van der Waals surface area contributed by atoms with E-state index in [2.05, 4.69) is 10.6 Å². The first-order valence-electron chi connectivity index (χ1n) is 11.9. The third-order valence-electron chi connectivity index (χ3n) is 7.95.